The minimum atomic E-state index is -8.38. The van der Waals surface area contributed by atoms with Crippen LogP contribution in [0.3, 0.4) is 0 Å². The minimum absolute atomic E-state index is 0.156. The predicted molar refractivity (Wildman–Crippen MR) is 80.2 cm³/mol. The maximum Gasteiger partial charge on any atom is 0.421 e. The number of alkyl halides is 17. The Morgan fingerprint density at radius 2 is 0.824 bits per heavy atom. The molecule has 0 radical (unpaired) electrons. The quantitative estimate of drug-likeness (QED) is 0.186. The van der Waals surface area contributed by atoms with Gasteiger partial charge < -0.3 is 8.85 Å². The third-order valence-corrected chi connectivity index (χ3v) is 8.28. The Labute approximate surface area is 180 Å². The second kappa shape index (κ2) is 9.11. The lowest BCUT2D eigenvalue weighted by Crippen LogP contribution is -2.77. The minimum Gasteiger partial charge on any atom is -0.394 e. The van der Waals surface area contributed by atoms with Gasteiger partial charge in [-0.2, -0.15) is 74.6 Å². The largest absolute Gasteiger partial charge is 0.421 e. The Balaban J connectivity index is 6.76. The van der Waals surface area contributed by atoms with E-state index in [4.69, 9.17) is 0 Å². The van der Waals surface area contributed by atoms with E-state index in [1.54, 1.807) is 0 Å². The summed E-state index contributed by atoms with van der Waals surface area (Å²) in [5.74, 6) is -47.3. The third kappa shape index (κ3) is 4.57. The fraction of sp³-hybridized carbons (Fsp3) is 1.00. The Kier molecular flexibility index (Phi) is 8.83. The summed E-state index contributed by atoms with van der Waals surface area (Å²) in [6, 6.07) is -1.42. The Bertz CT molecular complexity index is 691. The molecule has 0 aromatic carbocycles. The molecular formula is C14H15F17O2Si. The SMILES string of the molecule is CC[Si](OC)(OC)C(F)(F)C(F)(F)C(F)(F)C(F)(F)C(F)(F)C(F)(F)C(F)(F)CCC(F)(F)F. The van der Waals surface area contributed by atoms with Crippen LogP contribution in [0.25, 0.3) is 0 Å². The van der Waals surface area contributed by atoms with E-state index in [0.29, 0.717) is 6.92 Å². The van der Waals surface area contributed by atoms with Crippen molar-refractivity contribution in [3.63, 3.8) is 0 Å². The first-order valence-corrected chi connectivity index (χ1v) is 10.5. The smallest absolute Gasteiger partial charge is 0.394 e. The molecular weight excluding hydrogens is 551 g/mol. The van der Waals surface area contributed by atoms with Crippen LogP contribution < -0.4 is 0 Å². The first kappa shape index (κ1) is 32.9. The molecule has 0 saturated heterocycles. The van der Waals surface area contributed by atoms with Crippen molar-refractivity contribution in [2.24, 2.45) is 0 Å². The molecule has 206 valence electrons. The molecule has 2 nitrogen and oxygen atoms in total. The highest BCUT2D eigenvalue weighted by molar-refractivity contribution is 6.70. The molecule has 0 spiro atoms. The number of rotatable bonds is 12. The van der Waals surface area contributed by atoms with Gasteiger partial charge in [-0.3, -0.25) is 0 Å². The lowest BCUT2D eigenvalue weighted by molar-refractivity contribution is -0.438. The molecule has 20 heteroatoms. The summed E-state index contributed by atoms with van der Waals surface area (Å²) >= 11 is 0. The van der Waals surface area contributed by atoms with Crippen LogP contribution in [0.5, 0.6) is 0 Å². The molecule has 0 N–H and O–H groups in total. The summed E-state index contributed by atoms with van der Waals surface area (Å²) < 4.78 is 237. The first-order chi connectivity index (χ1) is 14.6. The van der Waals surface area contributed by atoms with Crippen molar-refractivity contribution >= 4 is 8.56 Å². The van der Waals surface area contributed by atoms with Gasteiger partial charge in [0.15, 0.2) is 0 Å². The average Bonchev–Trinajstić information content (AvgIpc) is 2.66. The van der Waals surface area contributed by atoms with Gasteiger partial charge >= 0.3 is 55.8 Å². The van der Waals surface area contributed by atoms with Crippen LogP contribution in [0.15, 0.2) is 0 Å². The Hall–Kier alpha value is -1.05. The molecule has 0 amide bonds. The molecule has 0 rings (SSSR count). The summed E-state index contributed by atoms with van der Waals surface area (Å²) in [6.45, 7) is 0.531. The highest BCUT2D eigenvalue weighted by Gasteiger charge is 2.94. The zero-order valence-electron chi connectivity index (χ0n) is 16.9. The van der Waals surface area contributed by atoms with Gasteiger partial charge in [-0.25, -0.2) is 0 Å². The highest BCUT2D eigenvalue weighted by Crippen LogP contribution is 2.63. The van der Waals surface area contributed by atoms with Gasteiger partial charge in [0, 0.05) is 27.1 Å². The van der Waals surface area contributed by atoms with E-state index >= 15 is 0 Å². The predicted octanol–water partition coefficient (Wildman–Crippen LogP) is 7.07. The third-order valence-electron chi connectivity index (χ3n) is 4.76. The van der Waals surface area contributed by atoms with Gasteiger partial charge in [-0.1, -0.05) is 6.92 Å². The maximum atomic E-state index is 14.3. The van der Waals surface area contributed by atoms with Gasteiger partial charge in [0.05, 0.1) is 0 Å². The number of hydrogen-bond acceptors (Lipinski definition) is 2. The molecule has 0 aliphatic rings. The summed E-state index contributed by atoms with van der Waals surface area (Å²) in [5.41, 5.74) is -6.57. The molecule has 0 bridgehead atoms. The molecule has 0 aliphatic heterocycles. The van der Waals surface area contributed by atoms with Crippen molar-refractivity contribution in [3.8, 4) is 0 Å². The Morgan fingerprint density at radius 1 is 0.500 bits per heavy atom. The van der Waals surface area contributed by atoms with Crippen molar-refractivity contribution in [1.29, 1.82) is 0 Å². The van der Waals surface area contributed by atoms with Crippen molar-refractivity contribution in [3.05, 3.63) is 0 Å². The van der Waals surface area contributed by atoms with Gasteiger partial charge in [0.2, 0.25) is 0 Å². The fourth-order valence-corrected chi connectivity index (χ4v) is 4.90. The topological polar surface area (TPSA) is 18.5 Å². The second-order valence-electron chi connectivity index (χ2n) is 6.78. The van der Waals surface area contributed by atoms with E-state index in [1.807, 2.05) is 0 Å². The van der Waals surface area contributed by atoms with E-state index in [-0.39, 0.29) is 14.2 Å². The molecule has 0 aliphatic carbocycles. The molecule has 0 aromatic heterocycles. The molecule has 0 saturated carbocycles. The summed E-state index contributed by atoms with van der Waals surface area (Å²) in [7, 11) is -5.73. The second-order valence-corrected chi connectivity index (χ2v) is 10.4. The van der Waals surface area contributed by atoms with Crippen LogP contribution in [-0.4, -0.2) is 70.0 Å². The lowest BCUT2D eigenvalue weighted by atomic mass is 9.90. The number of halogens is 17. The van der Waals surface area contributed by atoms with Crippen LogP contribution in [0.4, 0.5) is 74.6 Å². The van der Waals surface area contributed by atoms with Gasteiger partial charge in [-0.15, -0.1) is 0 Å². The highest BCUT2D eigenvalue weighted by atomic mass is 28.4. The molecule has 0 fully saturated rings. The fourth-order valence-electron chi connectivity index (χ4n) is 2.56. The molecule has 0 atom stereocenters. The summed E-state index contributed by atoms with van der Waals surface area (Å²) in [6.07, 6.45) is -12.1. The van der Waals surface area contributed by atoms with Gasteiger partial charge in [-0.05, 0) is 6.04 Å². The Morgan fingerprint density at radius 3 is 1.12 bits per heavy atom. The van der Waals surface area contributed by atoms with Crippen LogP contribution in [-0.2, 0) is 8.85 Å². The van der Waals surface area contributed by atoms with E-state index in [9.17, 15) is 74.6 Å². The van der Waals surface area contributed by atoms with Gasteiger partial charge in [0.25, 0.3) is 0 Å². The summed E-state index contributed by atoms with van der Waals surface area (Å²) in [5, 5.41) is 0. The normalized spacial score (nSPS) is 16.2. The van der Waals surface area contributed by atoms with Crippen molar-refractivity contribution < 1.29 is 83.5 Å². The number of hydrogen-bond donors (Lipinski definition) is 0. The molecule has 0 heterocycles. The van der Waals surface area contributed by atoms with Crippen LogP contribution in [0.1, 0.15) is 19.8 Å². The summed E-state index contributed by atoms with van der Waals surface area (Å²) in [4.78, 5) is 0. The van der Waals surface area contributed by atoms with Crippen LogP contribution in [0, 0.1) is 0 Å². The lowest BCUT2D eigenvalue weighted by Gasteiger charge is -2.45. The van der Waals surface area contributed by atoms with Crippen LogP contribution >= 0.6 is 0 Å². The maximum absolute atomic E-state index is 14.3. The monoisotopic (exact) mass is 566 g/mol. The van der Waals surface area contributed by atoms with Crippen molar-refractivity contribution in [2.45, 2.75) is 73.1 Å². The van der Waals surface area contributed by atoms with Crippen molar-refractivity contribution in [2.75, 3.05) is 14.2 Å². The zero-order valence-corrected chi connectivity index (χ0v) is 17.9. The van der Waals surface area contributed by atoms with Crippen molar-refractivity contribution in [1.82, 2.24) is 0 Å². The molecule has 0 aromatic rings. The van der Waals surface area contributed by atoms with E-state index in [0.717, 1.165) is 0 Å². The van der Waals surface area contributed by atoms with E-state index < -0.39 is 74.7 Å². The molecule has 0 unspecified atom stereocenters. The zero-order chi connectivity index (χ0) is 28.0. The van der Waals surface area contributed by atoms with E-state index in [1.165, 1.54) is 0 Å². The van der Waals surface area contributed by atoms with Crippen LogP contribution in [0.2, 0.25) is 6.04 Å². The van der Waals surface area contributed by atoms with E-state index in [2.05, 4.69) is 8.85 Å². The van der Waals surface area contributed by atoms with Gasteiger partial charge in [0.1, 0.15) is 0 Å². The standard InChI is InChI=1S/C14H15F17O2Si/c1-4-34(32-2,33-3)14(30,31)13(28,29)12(26,27)11(24,25)10(22,23)9(20,21)7(15,16)5-6-8(17,18)19/h4-6H2,1-3H3. The molecule has 34 heavy (non-hydrogen) atoms. The average molecular weight is 566 g/mol. The first-order valence-electron chi connectivity index (χ1n) is 8.46.